The molecule has 7 heteroatoms. The lowest BCUT2D eigenvalue weighted by Crippen LogP contribution is -2.22. The molecule has 0 aromatic carbocycles. The van der Waals surface area contributed by atoms with Crippen LogP contribution in [0.4, 0.5) is 0 Å². The number of aromatic nitrogens is 1. The minimum absolute atomic E-state index is 0.0271. The maximum absolute atomic E-state index is 11.6. The number of carbonyl (C=O) groups is 2. The lowest BCUT2D eigenvalue weighted by Gasteiger charge is -1.98. The second kappa shape index (κ2) is 5.01. The average Bonchev–Trinajstić information content (AvgIpc) is 2.94. The minimum Gasteiger partial charge on any atom is -0.478 e. The first-order valence-corrected chi connectivity index (χ1v) is 5.89. The molecule has 0 atom stereocenters. The Kier molecular flexibility index (Phi) is 3.42. The van der Waals surface area contributed by atoms with E-state index in [1.807, 2.05) is 6.92 Å². The van der Waals surface area contributed by atoms with Crippen LogP contribution in [0.15, 0.2) is 22.9 Å². The van der Waals surface area contributed by atoms with Crippen LogP contribution in [0.5, 0.6) is 0 Å². The van der Waals surface area contributed by atoms with Crippen molar-refractivity contribution < 1.29 is 19.1 Å². The predicted octanol–water partition coefficient (Wildman–Crippen LogP) is 1.67. The van der Waals surface area contributed by atoms with Crippen LogP contribution in [0.3, 0.4) is 0 Å². The molecule has 0 saturated heterocycles. The highest BCUT2D eigenvalue weighted by atomic mass is 32.1. The highest BCUT2D eigenvalue weighted by Gasteiger charge is 2.14. The van der Waals surface area contributed by atoms with Crippen molar-refractivity contribution in [2.75, 3.05) is 0 Å². The molecule has 1 amide bonds. The summed E-state index contributed by atoms with van der Waals surface area (Å²) in [4.78, 5) is 27.4. The van der Waals surface area contributed by atoms with Gasteiger partial charge in [0, 0.05) is 17.1 Å². The number of furan rings is 1. The molecular formula is C11H10N2O4S. The van der Waals surface area contributed by atoms with E-state index in [1.54, 1.807) is 6.20 Å². The zero-order chi connectivity index (χ0) is 13.1. The molecule has 2 rings (SSSR count). The average molecular weight is 266 g/mol. The molecule has 2 N–H and O–H groups in total. The van der Waals surface area contributed by atoms with Gasteiger partial charge in [-0.25, -0.2) is 9.78 Å². The fourth-order valence-corrected chi connectivity index (χ4v) is 2.02. The summed E-state index contributed by atoms with van der Waals surface area (Å²) in [6.07, 6.45) is 2.76. The second-order valence-corrected chi connectivity index (χ2v) is 4.87. The first kappa shape index (κ1) is 12.3. The standard InChI is InChI=1S/C11H10N2O4S/c1-6-3-12-9(18-6)4-13-10(14)8-2-7(5-17-8)11(15)16/h2-3,5H,4H2,1H3,(H,13,14)(H,15,16). The number of nitrogens with zero attached hydrogens (tertiary/aromatic N) is 1. The van der Waals surface area contributed by atoms with Crippen molar-refractivity contribution in [2.24, 2.45) is 0 Å². The molecule has 0 bridgehead atoms. The van der Waals surface area contributed by atoms with E-state index in [0.29, 0.717) is 6.54 Å². The fourth-order valence-electron chi connectivity index (χ4n) is 1.29. The smallest absolute Gasteiger partial charge is 0.338 e. The van der Waals surface area contributed by atoms with Gasteiger partial charge in [0.1, 0.15) is 11.3 Å². The van der Waals surface area contributed by atoms with Gasteiger partial charge in [-0.1, -0.05) is 0 Å². The number of rotatable bonds is 4. The van der Waals surface area contributed by atoms with Crippen molar-refractivity contribution in [1.29, 1.82) is 0 Å². The van der Waals surface area contributed by atoms with E-state index < -0.39 is 11.9 Å². The Hall–Kier alpha value is -2.15. The maximum Gasteiger partial charge on any atom is 0.338 e. The number of nitrogens with one attached hydrogen (secondary N) is 1. The van der Waals surface area contributed by atoms with Gasteiger partial charge in [0.2, 0.25) is 0 Å². The van der Waals surface area contributed by atoms with E-state index in [0.717, 1.165) is 16.1 Å². The molecule has 0 fully saturated rings. The quantitative estimate of drug-likeness (QED) is 0.878. The summed E-state index contributed by atoms with van der Waals surface area (Å²) in [5, 5.41) is 12.1. The molecule has 18 heavy (non-hydrogen) atoms. The third kappa shape index (κ3) is 2.75. The number of hydrogen-bond donors (Lipinski definition) is 2. The number of aryl methyl sites for hydroxylation is 1. The molecule has 6 nitrogen and oxygen atoms in total. The zero-order valence-corrected chi connectivity index (χ0v) is 10.3. The molecule has 2 aromatic heterocycles. The van der Waals surface area contributed by atoms with Gasteiger partial charge in [0.05, 0.1) is 12.1 Å². The Labute approximate surface area is 106 Å². The van der Waals surface area contributed by atoms with Crippen LogP contribution < -0.4 is 5.32 Å². The summed E-state index contributed by atoms with van der Waals surface area (Å²) in [5.41, 5.74) is -0.0507. The zero-order valence-electron chi connectivity index (χ0n) is 9.47. The molecule has 94 valence electrons. The number of thiazole rings is 1. The van der Waals surface area contributed by atoms with E-state index in [9.17, 15) is 9.59 Å². The van der Waals surface area contributed by atoms with Gasteiger partial charge in [-0.2, -0.15) is 0 Å². The van der Waals surface area contributed by atoms with E-state index in [1.165, 1.54) is 17.4 Å². The Morgan fingerprint density at radius 1 is 1.56 bits per heavy atom. The van der Waals surface area contributed by atoms with Crippen LogP contribution in [0.25, 0.3) is 0 Å². The van der Waals surface area contributed by atoms with Crippen molar-refractivity contribution in [3.8, 4) is 0 Å². The van der Waals surface area contributed by atoms with Crippen LogP contribution in [0, 0.1) is 6.92 Å². The Bertz CT molecular complexity index is 587. The first-order chi connectivity index (χ1) is 8.56. The number of hydrogen-bond acceptors (Lipinski definition) is 5. The van der Waals surface area contributed by atoms with E-state index in [4.69, 9.17) is 9.52 Å². The predicted molar refractivity (Wildman–Crippen MR) is 63.7 cm³/mol. The van der Waals surface area contributed by atoms with Crippen LogP contribution >= 0.6 is 11.3 Å². The van der Waals surface area contributed by atoms with E-state index in [-0.39, 0.29) is 11.3 Å². The molecule has 2 heterocycles. The lowest BCUT2D eigenvalue weighted by molar-refractivity contribution is 0.0696. The van der Waals surface area contributed by atoms with Crippen molar-refractivity contribution in [2.45, 2.75) is 13.5 Å². The second-order valence-electron chi connectivity index (χ2n) is 3.55. The largest absolute Gasteiger partial charge is 0.478 e. The molecule has 0 spiro atoms. The van der Waals surface area contributed by atoms with Crippen LogP contribution in [-0.4, -0.2) is 22.0 Å². The van der Waals surface area contributed by atoms with Gasteiger partial charge < -0.3 is 14.8 Å². The van der Waals surface area contributed by atoms with Crippen LogP contribution in [0.1, 0.15) is 30.8 Å². The molecule has 0 aliphatic rings. The summed E-state index contributed by atoms with van der Waals surface area (Å²) in [7, 11) is 0. The van der Waals surface area contributed by atoms with E-state index >= 15 is 0 Å². The highest BCUT2D eigenvalue weighted by Crippen LogP contribution is 2.11. The molecule has 0 saturated carbocycles. The highest BCUT2D eigenvalue weighted by molar-refractivity contribution is 7.11. The first-order valence-electron chi connectivity index (χ1n) is 5.07. The van der Waals surface area contributed by atoms with Crippen molar-refractivity contribution >= 4 is 23.2 Å². The number of amides is 1. The number of aromatic carboxylic acids is 1. The molecule has 0 radical (unpaired) electrons. The Balaban J connectivity index is 1.97. The summed E-state index contributed by atoms with van der Waals surface area (Å²) >= 11 is 1.48. The molecule has 0 aliphatic heterocycles. The Morgan fingerprint density at radius 2 is 2.33 bits per heavy atom. The van der Waals surface area contributed by atoms with Crippen molar-refractivity contribution in [3.05, 3.63) is 39.7 Å². The van der Waals surface area contributed by atoms with Crippen LogP contribution in [-0.2, 0) is 6.54 Å². The monoisotopic (exact) mass is 266 g/mol. The fraction of sp³-hybridized carbons (Fsp3) is 0.182. The lowest BCUT2D eigenvalue weighted by atomic mass is 10.3. The maximum atomic E-state index is 11.6. The number of carbonyl (C=O) groups excluding carboxylic acids is 1. The Morgan fingerprint density at radius 3 is 2.89 bits per heavy atom. The molecule has 0 unspecified atom stereocenters. The van der Waals surface area contributed by atoms with Gasteiger partial charge in [-0.3, -0.25) is 4.79 Å². The summed E-state index contributed by atoms with van der Waals surface area (Å²) in [6, 6.07) is 1.19. The minimum atomic E-state index is -1.13. The molecular weight excluding hydrogens is 256 g/mol. The van der Waals surface area contributed by atoms with Gasteiger partial charge in [-0.15, -0.1) is 11.3 Å². The van der Waals surface area contributed by atoms with Gasteiger partial charge in [-0.05, 0) is 6.92 Å². The van der Waals surface area contributed by atoms with Crippen LogP contribution in [0.2, 0.25) is 0 Å². The summed E-state index contributed by atoms with van der Waals surface area (Å²) in [5.74, 6) is -1.62. The summed E-state index contributed by atoms with van der Waals surface area (Å²) < 4.78 is 4.87. The topological polar surface area (TPSA) is 92.4 Å². The van der Waals surface area contributed by atoms with Gasteiger partial charge in [0.15, 0.2) is 5.76 Å². The van der Waals surface area contributed by atoms with E-state index in [2.05, 4.69) is 10.3 Å². The third-order valence-electron chi connectivity index (χ3n) is 2.14. The SMILES string of the molecule is Cc1cnc(CNC(=O)c2cc(C(=O)O)co2)s1. The van der Waals surface area contributed by atoms with Gasteiger partial charge in [0.25, 0.3) is 5.91 Å². The normalized spacial score (nSPS) is 10.3. The summed E-state index contributed by atoms with van der Waals surface area (Å²) in [6.45, 7) is 2.22. The molecule has 2 aromatic rings. The number of carboxylic acid groups (broad SMARTS) is 1. The van der Waals surface area contributed by atoms with Crippen molar-refractivity contribution in [3.63, 3.8) is 0 Å². The van der Waals surface area contributed by atoms with Crippen molar-refractivity contribution in [1.82, 2.24) is 10.3 Å². The third-order valence-corrected chi connectivity index (χ3v) is 3.05. The molecule has 0 aliphatic carbocycles. The number of carboxylic acids is 1. The van der Waals surface area contributed by atoms with Gasteiger partial charge >= 0.3 is 5.97 Å².